The number of thioether (sulfide) groups is 1. The summed E-state index contributed by atoms with van der Waals surface area (Å²) in [6.45, 7) is 2.01. The van der Waals surface area contributed by atoms with E-state index in [1.807, 2.05) is 25.1 Å². The second-order valence-electron chi connectivity index (χ2n) is 7.72. The first-order valence-electron chi connectivity index (χ1n) is 10.5. The van der Waals surface area contributed by atoms with E-state index in [4.69, 9.17) is 4.74 Å². The zero-order valence-corrected chi connectivity index (χ0v) is 19.4. The molecule has 7 nitrogen and oxygen atoms in total. The standard InChI is InChI=1S/C25H22FN3O4S/c1-15-13-17(16-3-6-18(26)7-4-16)5-10-22(15)34-23(25(31)32)11-12-29-24(30)20-14-19(33-2)8-9-21(20)27-28-29/h3-10,13-14,23H,11-12H2,1-2H3,(H,31,32). The van der Waals surface area contributed by atoms with Gasteiger partial charge in [0.05, 0.1) is 12.5 Å². The summed E-state index contributed by atoms with van der Waals surface area (Å²) in [4.78, 5) is 25.6. The maximum Gasteiger partial charge on any atom is 0.317 e. The number of carboxylic acids is 1. The van der Waals surface area contributed by atoms with Gasteiger partial charge in [-0.25, -0.2) is 9.07 Å². The van der Waals surface area contributed by atoms with Gasteiger partial charge in [-0.3, -0.25) is 9.59 Å². The van der Waals surface area contributed by atoms with Crippen LogP contribution in [0.25, 0.3) is 22.0 Å². The second-order valence-corrected chi connectivity index (χ2v) is 8.97. The average Bonchev–Trinajstić information content (AvgIpc) is 2.83. The molecule has 1 heterocycles. The highest BCUT2D eigenvalue weighted by atomic mass is 32.2. The van der Waals surface area contributed by atoms with Gasteiger partial charge in [-0.2, -0.15) is 0 Å². The Morgan fingerprint density at radius 1 is 1.12 bits per heavy atom. The molecule has 0 radical (unpaired) electrons. The molecule has 0 saturated heterocycles. The van der Waals surface area contributed by atoms with Gasteiger partial charge in [0, 0.05) is 11.4 Å². The predicted octanol–water partition coefficient (Wildman–Crippen LogP) is 4.55. The van der Waals surface area contributed by atoms with Crippen LogP contribution in [0, 0.1) is 12.7 Å². The molecule has 0 aliphatic heterocycles. The Labute approximate surface area is 199 Å². The second kappa shape index (κ2) is 10.0. The molecule has 0 saturated carbocycles. The van der Waals surface area contributed by atoms with Crippen LogP contribution in [-0.2, 0) is 11.3 Å². The number of benzene rings is 3. The van der Waals surface area contributed by atoms with E-state index in [0.717, 1.165) is 21.6 Å². The number of halogens is 1. The molecule has 4 rings (SSSR count). The Morgan fingerprint density at radius 2 is 1.85 bits per heavy atom. The summed E-state index contributed by atoms with van der Waals surface area (Å²) in [7, 11) is 1.51. The predicted molar refractivity (Wildman–Crippen MR) is 129 cm³/mol. The average molecular weight is 480 g/mol. The quantitative estimate of drug-likeness (QED) is 0.371. The summed E-state index contributed by atoms with van der Waals surface area (Å²) >= 11 is 1.22. The van der Waals surface area contributed by atoms with Gasteiger partial charge < -0.3 is 9.84 Å². The van der Waals surface area contributed by atoms with Crippen molar-refractivity contribution in [1.29, 1.82) is 0 Å². The van der Waals surface area contributed by atoms with Gasteiger partial charge in [0.15, 0.2) is 0 Å². The van der Waals surface area contributed by atoms with Crippen LogP contribution in [0.2, 0.25) is 0 Å². The van der Waals surface area contributed by atoms with Crippen molar-refractivity contribution in [3.63, 3.8) is 0 Å². The third-order valence-electron chi connectivity index (χ3n) is 5.43. The van der Waals surface area contributed by atoms with E-state index >= 15 is 0 Å². The van der Waals surface area contributed by atoms with Gasteiger partial charge in [-0.05, 0) is 66.4 Å². The topological polar surface area (TPSA) is 94.3 Å². The number of hydrogen-bond donors (Lipinski definition) is 1. The van der Waals surface area contributed by atoms with Crippen molar-refractivity contribution in [3.05, 3.63) is 82.4 Å². The van der Waals surface area contributed by atoms with E-state index in [1.165, 1.54) is 35.7 Å². The number of nitrogens with zero attached hydrogens (tertiary/aromatic N) is 3. The maximum absolute atomic E-state index is 13.2. The highest BCUT2D eigenvalue weighted by molar-refractivity contribution is 8.00. The van der Waals surface area contributed by atoms with Crippen LogP contribution < -0.4 is 10.3 Å². The molecule has 34 heavy (non-hydrogen) atoms. The van der Waals surface area contributed by atoms with Gasteiger partial charge in [0.2, 0.25) is 0 Å². The van der Waals surface area contributed by atoms with Gasteiger partial charge in [-0.15, -0.1) is 16.9 Å². The number of carbonyl (C=O) groups is 1. The molecule has 0 aliphatic rings. The van der Waals surface area contributed by atoms with E-state index in [2.05, 4.69) is 10.3 Å². The summed E-state index contributed by atoms with van der Waals surface area (Å²) in [5, 5.41) is 17.4. The molecular weight excluding hydrogens is 457 g/mol. The minimum Gasteiger partial charge on any atom is -0.497 e. The molecule has 9 heteroatoms. The SMILES string of the molecule is COc1ccc2nnn(CCC(Sc3ccc(-c4ccc(F)cc4)cc3C)C(=O)O)c(=O)c2c1. The minimum absolute atomic E-state index is 0.107. The zero-order valence-electron chi connectivity index (χ0n) is 18.6. The Hall–Kier alpha value is -3.72. The fourth-order valence-electron chi connectivity index (χ4n) is 3.56. The summed E-state index contributed by atoms with van der Waals surface area (Å²) in [5.74, 6) is -0.746. The maximum atomic E-state index is 13.2. The molecule has 1 unspecified atom stereocenters. The largest absolute Gasteiger partial charge is 0.497 e. The summed E-state index contributed by atoms with van der Waals surface area (Å²) in [5.41, 5.74) is 2.80. The van der Waals surface area contributed by atoms with Crippen molar-refractivity contribution < 1.29 is 19.0 Å². The van der Waals surface area contributed by atoms with Crippen LogP contribution in [0.5, 0.6) is 5.75 Å². The van der Waals surface area contributed by atoms with Crippen LogP contribution in [0.4, 0.5) is 4.39 Å². The number of aryl methyl sites for hydroxylation is 2. The van der Waals surface area contributed by atoms with Crippen LogP contribution in [0.15, 0.2) is 70.4 Å². The molecule has 1 N–H and O–H groups in total. The highest BCUT2D eigenvalue weighted by Crippen LogP contribution is 2.32. The summed E-state index contributed by atoms with van der Waals surface area (Å²) < 4.78 is 19.6. The molecule has 0 fully saturated rings. The third-order valence-corrected chi connectivity index (χ3v) is 6.86. The molecule has 0 amide bonds. The van der Waals surface area contributed by atoms with Crippen molar-refractivity contribution in [1.82, 2.24) is 15.0 Å². The number of methoxy groups -OCH3 is 1. The smallest absolute Gasteiger partial charge is 0.317 e. The first-order chi connectivity index (χ1) is 16.4. The van der Waals surface area contributed by atoms with Crippen molar-refractivity contribution in [2.45, 2.75) is 30.0 Å². The number of carboxylic acid groups (broad SMARTS) is 1. The van der Waals surface area contributed by atoms with E-state index < -0.39 is 11.2 Å². The monoisotopic (exact) mass is 479 g/mol. The molecule has 0 spiro atoms. The number of ether oxygens (including phenoxy) is 1. The van der Waals surface area contributed by atoms with E-state index in [9.17, 15) is 19.1 Å². The van der Waals surface area contributed by atoms with Crippen molar-refractivity contribution >= 4 is 28.6 Å². The van der Waals surface area contributed by atoms with E-state index in [0.29, 0.717) is 16.7 Å². The number of aromatic nitrogens is 3. The summed E-state index contributed by atoms with van der Waals surface area (Å²) in [6, 6.07) is 16.9. The normalized spacial score (nSPS) is 12.0. The number of hydrogen-bond acceptors (Lipinski definition) is 6. The molecule has 1 aromatic heterocycles. The lowest BCUT2D eigenvalue weighted by Gasteiger charge is -2.15. The number of aliphatic carboxylic acids is 1. The number of fused-ring (bicyclic) bond motifs is 1. The van der Waals surface area contributed by atoms with Crippen LogP contribution in [-0.4, -0.2) is 38.4 Å². The summed E-state index contributed by atoms with van der Waals surface area (Å²) in [6.07, 6.45) is 0.184. The van der Waals surface area contributed by atoms with Crippen LogP contribution >= 0.6 is 11.8 Å². The molecular formula is C25H22FN3O4S. The fraction of sp³-hybridized carbons (Fsp3) is 0.200. The molecule has 1 atom stereocenters. The van der Waals surface area contributed by atoms with E-state index in [-0.39, 0.29) is 24.3 Å². The van der Waals surface area contributed by atoms with Gasteiger partial charge in [0.25, 0.3) is 5.56 Å². The Kier molecular flexibility index (Phi) is 6.93. The Bertz CT molecular complexity index is 1410. The van der Waals surface area contributed by atoms with Crippen LogP contribution in [0.1, 0.15) is 12.0 Å². The van der Waals surface area contributed by atoms with Crippen LogP contribution in [0.3, 0.4) is 0 Å². The fourth-order valence-corrected chi connectivity index (χ4v) is 4.58. The van der Waals surface area contributed by atoms with E-state index in [1.54, 1.807) is 30.3 Å². The minimum atomic E-state index is -0.976. The zero-order chi connectivity index (χ0) is 24.2. The first kappa shape index (κ1) is 23.4. The molecule has 174 valence electrons. The lowest BCUT2D eigenvalue weighted by Crippen LogP contribution is -2.27. The Morgan fingerprint density at radius 3 is 2.53 bits per heavy atom. The Balaban J connectivity index is 1.51. The third kappa shape index (κ3) is 5.09. The number of rotatable bonds is 8. The molecule has 0 aliphatic carbocycles. The van der Waals surface area contributed by atoms with Gasteiger partial charge in [-0.1, -0.05) is 29.5 Å². The molecule has 3 aromatic carbocycles. The lowest BCUT2D eigenvalue weighted by molar-refractivity contribution is -0.136. The lowest BCUT2D eigenvalue weighted by atomic mass is 10.0. The molecule has 4 aromatic rings. The van der Waals surface area contributed by atoms with Gasteiger partial charge >= 0.3 is 5.97 Å². The van der Waals surface area contributed by atoms with Gasteiger partial charge in [0.1, 0.15) is 22.3 Å². The first-order valence-corrected chi connectivity index (χ1v) is 11.4. The van der Waals surface area contributed by atoms with Crippen molar-refractivity contribution in [2.24, 2.45) is 0 Å². The molecule has 0 bridgehead atoms. The highest BCUT2D eigenvalue weighted by Gasteiger charge is 2.21. The van der Waals surface area contributed by atoms with Crippen molar-refractivity contribution in [2.75, 3.05) is 7.11 Å². The van der Waals surface area contributed by atoms with Crippen molar-refractivity contribution in [3.8, 4) is 16.9 Å².